The van der Waals surface area contributed by atoms with Crippen LogP contribution in [-0.2, 0) is 0 Å². The van der Waals surface area contributed by atoms with Gasteiger partial charge in [0.15, 0.2) is 0 Å². The molecular formula is C22H21BrFN5OS. The van der Waals surface area contributed by atoms with E-state index < -0.39 is 0 Å². The first-order valence-electron chi connectivity index (χ1n) is 10.0. The summed E-state index contributed by atoms with van der Waals surface area (Å²) >= 11 is 4.99. The molecule has 1 aliphatic rings. The lowest BCUT2D eigenvalue weighted by Gasteiger charge is -2.40. The van der Waals surface area contributed by atoms with Crippen molar-refractivity contribution in [1.29, 1.82) is 0 Å². The van der Waals surface area contributed by atoms with E-state index in [9.17, 15) is 9.50 Å². The van der Waals surface area contributed by atoms with E-state index in [1.54, 1.807) is 0 Å². The van der Waals surface area contributed by atoms with E-state index in [2.05, 4.69) is 47.9 Å². The van der Waals surface area contributed by atoms with Gasteiger partial charge < -0.3 is 10.0 Å². The number of benzene rings is 2. The van der Waals surface area contributed by atoms with Crippen molar-refractivity contribution in [2.45, 2.75) is 13.0 Å². The van der Waals surface area contributed by atoms with Crippen LogP contribution in [0.15, 0.2) is 53.0 Å². The predicted molar refractivity (Wildman–Crippen MR) is 123 cm³/mol. The lowest BCUT2D eigenvalue weighted by Crippen LogP contribution is -2.47. The molecule has 1 N–H and O–H groups in total. The first-order valence-corrected chi connectivity index (χ1v) is 11.7. The van der Waals surface area contributed by atoms with Gasteiger partial charge in [-0.05, 0) is 48.9 Å². The highest BCUT2D eigenvalue weighted by Gasteiger charge is 2.31. The summed E-state index contributed by atoms with van der Waals surface area (Å²) in [5.74, 6) is 0.565. The van der Waals surface area contributed by atoms with E-state index in [1.807, 2.05) is 31.2 Å². The summed E-state index contributed by atoms with van der Waals surface area (Å²) in [4.78, 5) is 10.6. The van der Waals surface area contributed by atoms with Gasteiger partial charge >= 0.3 is 0 Å². The van der Waals surface area contributed by atoms with Crippen LogP contribution < -0.4 is 4.90 Å². The number of hydrogen-bond donors (Lipinski definition) is 1. The van der Waals surface area contributed by atoms with Crippen molar-refractivity contribution in [1.82, 2.24) is 19.5 Å². The Kier molecular flexibility index (Phi) is 5.41. The average Bonchev–Trinajstić information content (AvgIpc) is 3.28. The zero-order valence-corrected chi connectivity index (χ0v) is 19.3. The fraction of sp³-hybridized carbons (Fsp3) is 0.273. The monoisotopic (exact) mass is 501 g/mol. The molecule has 2 aromatic carbocycles. The Morgan fingerprint density at radius 2 is 1.71 bits per heavy atom. The highest BCUT2D eigenvalue weighted by Crippen LogP contribution is 2.40. The fourth-order valence-corrected chi connectivity index (χ4v) is 5.52. The van der Waals surface area contributed by atoms with Crippen LogP contribution in [0.25, 0.3) is 4.96 Å². The van der Waals surface area contributed by atoms with Crippen LogP contribution in [0.1, 0.15) is 22.3 Å². The van der Waals surface area contributed by atoms with Gasteiger partial charge in [-0.25, -0.2) is 9.37 Å². The van der Waals surface area contributed by atoms with Crippen molar-refractivity contribution in [3.05, 3.63) is 75.1 Å². The number of nitrogens with zero attached hydrogens (tertiary/aromatic N) is 5. The fourth-order valence-electron chi connectivity index (χ4n) is 4.09. The molecule has 160 valence electrons. The normalized spacial score (nSPS) is 16.2. The Balaban J connectivity index is 1.46. The molecule has 9 heteroatoms. The number of anilines is 1. The third-order valence-electron chi connectivity index (χ3n) is 5.61. The molecule has 1 aliphatic heterocycles. The third kappa shape index (κ3) is 3.93. The zero-order chi connectivity index (χ0) is 21.5. The molecule has 0 radical (unpaired) electrons. The number of hydrogen-bond acceptors (Lipinski definition) is 6. The first kappa shape index (κ1) is 20.4. The van der Waals surface area contributed by atoms with Crippen LogP contribution in [0.2, 0.25) is 0 Å². The maximum Gasteiger partial charge on any atom is 0.230 e. The van der Waals surface area contributed by atoms with E-state index in [1.165, 1.54) is 28.0 Å². The second kappa shape index (κ2) is 8.22. The third-order valence-corrected chi connectivity index (χ3v) is 7.21. The molecule has 5 rings (SSSR count). The quantitative estimate of drug-likeness (QED) is 0.442. The van der Waals surface area contributed by atoms with Gasteiger partial charge in [-0.1, -0.05) is 39.4 Å². The van der Waals surface area contributed by atoms with Crippen LogP contribution in [0.5, 0.6) is 5.88 Å². The van der Waals surface area contributed by atoms with E-state index in [0.717, 1.165) is 46.8 Å². The second-order valence-corrected chi connectivity index (χ2v) is 9.52. The van der Waals surface area contributed by atoms with Crippen molar-refractivity contribution in [2.75, 3.05) is 31.1 Å². The number of aromatic hydroxyl groups is 1. The zero-order valence-electron chi connectivity index (χ0n) is 16.9. The van der Waals surface area contributed by atoms with Crippen molar-refractivity contribution in [3.8, 4) is 5.88 Å². The summed E-state index contributed by atoms with van der Waals surface area (Å²) in [6.45, 7) is 5.08. The summed E-state index contributed by atoms with van der Waals surface area (Å²) in [6.07, 6.45) is 0. The number of aryl methyl sites for hydroxylation is 1. The maximum atomic E-state index is 13.3. The SMILES string of the molecule is Cc1nc2sc([C@H](c3ccc(Br)cc3)N3CCN(c4ccc(F)cc4)CC3)c(O)n2n1. The molecule has 0 saturated carbocycles. The van der Waals surface area contributed by atoms with Crippen molar-refractivity contribution in [2.24, 2.45) is 0 Å². The van der Waals surface area contributed by atoms with Gasteiger partial charge in [-0.15, -0.1) is 5.10 Å². The highest BCUT2D eigenvalue weighted by atomic mass is 79.9. The number of thiazole rings is 1. The Morgan fingerprint density at radius 3 is 2.35 bits per heavy atom. The van der Waals surface area contributed by atoms with Crippen LogP contribution in [-0.4, -0.2) is 50.8 Å². The van der Waals surface area contributed by atoms with Gasteiger partial charge in [-0.3, -0.25) is 4.90 Å². The van der Waals surface area contributed by atoms with E-state index in [-0.39, 0.29) is 17.7 Å². The van der Waals surface area contributed by atoms with Gasteiger partial charge in [0.25, 0.3) is 0 Å². The molecule has 1 saturated heterocycles. The van der Waals surface area contributed by atoms with Crippen LogP contribution in [0, 0.1) is 12.7 Å². The lowest BCUT2D eigenvalue weighted by atomic mass is 10.0. The Bertz CT molecular complexity index is 1200. The molecule has 0 unspecified atom stereocenters. The van der Waals surface area contributed by atoms with Crippen molar-refractivity contribution in [3.63, 3.8) is 0 Å². The van der Waals surface area contributed by atoms with Gasteiger partial charge in [0.05, 0.1) is 10.9 Å². The summed E-state index contributed by atoms with van der Waals surface area (Å²) in [5, 5.41) is 15.3. The number of fused-ring (bicyclic) bond motifs is 1. The smallest absolute Gasteiger partial charge is 0.230 e. The molecule has 1 fully saturated rings. The molecule has 6 nitrogen and oxygen atoms in total. The molecule has 0 bridgehead atoms. The molecule has 4 aromatic rings. The first-order chi connectivity index (χ1) is 15.0. The van der Waals surface area contributed by atoms with E-state index in [0.29, 0.717) is 10.8 Å². The van der Waals surface area contributed by atoms with Crippen molar-refractivity contribution < 1.29 is 9.50 Å². The number of rotatable bonds is 4. The molecular weight excluding hydrogens is 481 g/mol. The predicted octanol–water partition coefficient (Wildman–Crippen LogP) is 4.62. The highest BCUT2D eigenvalue weighted by molar-refractivity contribution is 9.10. The number of piperazine rings is 1. The standard InChI is InChI=1S/C22H21BrFN5OS/c1-14-25-22-29(26-14)21(30)20(31-22)19(15-2-4-16(23)5-3-15)28-12-10-27(11-13-28)18-8-6-17(24)7-9-18/h2-9,19,30H,10-13H2,1H3/t19-/m0/s1. The van der Waals surface area contributed by atoms with E-state index >= 15 is 0 Å². The van der Waals surface area contributed by atoms with Gasteiger partial charge in [0.1, 0.15) is 11.6 Å². The minimum atomic E-state index is -0.222. The van der Waals surface area contributed by atoms with Crippen LogP contribution in [0.4, 0.5) is 10.1 Å². The topological polar surface area (TPSA) is 56.9 Å². The Hall–Kier alpha value is -2.49. The molecule has 0 spiro atoms. The molecule has 0 amide bonds. The Labute approximate surface area is 191 Å². The van der Waals surface area contributed by atoms with Gasteiger partial charge in [0.2, 0.25) is 10.8 Å². The minimum absolute atomic E-state index is 0.0997. The Morgan fingerprint density at radius 1 is 1.03 bits per heavy atom. The molecule has 31 heavy (non-hydrogen) atoms. The number of aromatic nitrogens is 3. The maximum absolute atomic E-state index is 13.3. The van der Waals surface area contributed by atoms with Crippen LogP contribution in [0.3, 0.4) is 0 Å². The van der Waals surface area contributed by atoms with E-state index in [4.69, 9.17) is 0 Å². The largest absolute Gasteiger partial charge is 0.492 e. The molecule has 0 aliphatic carbocycles. The average molecular weight is 502 g/mol. The van der Waals surface area contributed by atoms with Crippen molar-refractivity contribution >= 4 is 37.9 Å². The summed E-state index contributed by atoms with van der Waals surface area (Å²) < 4.78 is 15.8. The second-order valence-electron chi connectivity index (χ2n) is 7.60. The molecule has 3 heterocycles. The van der Waals surface area contributed by atoms with Gasteiger partial charge in [-0.2, -0.15) is 4.52 Å². The molecule has 1 atom stereocenters. The minimum Gasteiger partial charge on any atom is -0.492 e. The summed E-state index contributed by atoms with van der Waals surface area (Å²) in [6, 6.07) is 14.8. The lowest BCUT2D eigenvalue weighted by molar-refractivity contribution is 0.211. The van der Waals surface area contributed by atoms with Crippen LogP contribution >= 0.6 is 27.3 Å². The summed E-state index contributed by atoms with van der Waals surface area (Å²) in [5.41, 5.74) is 2.13. The summed E-state index contributed by atoms with van der Waals surface area (Å²) in [7, 11) is 0. The molecule has 2 aromatic heterocycles. The van der Waals surface area contributed by atoms with Gasteiger partial charge in [0, 0.05) is 36.3 Å². The number of halogens is 2.